The number of nitrogens with zero attached hydrogens (tertiary/aromatic N) is 3. The van der Waals surface area contributed by atoms with Gasteiger partial charge in [-0.2, -0.15) is 0 Å². The molecule has 154 valence electrons. The van der Waals surface area contributed by atoms with Crippen molar-refractivity contribution in [1.29, 1.82) is 0 Å². The zero-order valence-electron chi connectivity index (χ0n) is 17.4. The summed E-state index contributed by atoms with van der Waals surface area (Å²) in [6.45, 7) is 5.12. The highest BCUT2D eigenvalue weighted by molar-refractivity contribution is 6.07. The van der Waals surface area contributed by atoms with Crippen LogP contribution in [0.25, 0.3) is 10.8 Å². The number of carbonyl (C=O) groups excluding carboxylic acids is 1. The Balaban J connectivity index is 1.17. The molecule has 2 aliphatic rings. The van der Waals surface area contributed by atoms with Crippen LogP contribution in [0.2, 0.25) is 0 Å². The number of hydrogen-bond acceptors (Lipinski definition) is 3. The van der Waals surface area contributed by atoms with E-state index in [4.69, 9.17) is 0 Å². The van der Waals surface area contributed by atoms with Crippen molar-refractivity contribution in [3.63, 3.8) is 0 Å². The third-order valence-corrected chi connectivity index (χ3v) is 6.80. The summed E-state index contributed by atoms with van der Waals surface area (Å²) in [6, 6.07) is 20.5. The van der Waals surface area contributed by atoms with Crippen molar-refractivity contribution >= 4 is 16.7 Å². The highest BCUT2D eigenvalue weighted by atomic mass is 16.2. The standard InChI is InChI=1S/C26H29N3O/c30-26(24-9-5-7-21-6-1-2-8-23(21)24)29-17-11-20(19-29)18-28-15-12-22(13-16-28)25-10-3-4-14-27-25/h1-10,14,20,22H,11-13,15-19H2/t20-/m1/s1. The Morgan fingerprint density at radius 2 is 1.70 bits per heavy atom. The smallest absolute Gasteiger partial charge is 0.254 e. The molecule has 30 heavy (non-hydrogen) atoms. The van der Waals surface area contributed by atoms with E-state index in [1.807, 2.05) is 36.5 Å². The van der Waals surface area contributed by atoms with Crippen LogP contribution in [0, 0.1) is 5.92 Å². The van der Waals surface area contributed by atoms with Gasteiger partial charge in [0.25, 0.3) is 5.91 Å². The van der Waals surface area contributed by atoms with Gasteiger partial charge < -0.3 is 9.80 Å². The van der Waals surface area contributed by atoms with Crippen molar-refractivity contribution in [2.75, 3.05) is 32.7 Å². The fourth-order valence-corrected chi connectivity index (χ4v) is 5.14. The van der Waals surface area contributed by atoms with Crippen LogP contribution in [-0.4, -0.2) is 53.4 Å². The number of rotatable bonds is 4. The minimum absolute atomic E-state index is 0.183. The number of fused-ring (bicyclic) bond motifs is 1. The number of likely N-dealkylation sites (tertiary alicyclic amines) is 2. The molecule has 3 heterocycles. The summed E-state index contributed by atoms with van der Waals surface area (Å²) in [5, 5.41) is 2.19. The number of piperidine rings is 1. The molecule has 0 radical (unpaired) electrons. The van der Waals surface area contributed by atoms with E-state index in [1.165, 1.54) is 18.5 Å². The van der Waals surface area contributed by atoms with Gasteiger partial charge in [-0.3, -0.25) is 9.78 Å². The van der Waals surface area contributed by atoms with E-state index < -0.39 is 0 Å². The van der Waals surface area contributed by atoms with Gasteiger partial charge in [0.15, 0.2) is 0 Å². The summed E-state index contributed by atoms with van der Waals surface area (Å²) in [5.74, 6) is 1.36. The van der Waals surface area contributed by atoms with Gasteiger partial charge in [-0.25, -0.2) is 0 Å². The molecule has 3 aromatic rings. The molecule has 2 fully saturated rings. The minimum Gasteiger partial charge on any atom is -0.338 e. The molecule has 0 saturated carbocycles. The summed E-state index contributed by atoms with van der Waals surface area (Å²) < 4.78 is 0. The number of benzene rings is 2. The summed E-state index contributed by atoms with van der Waals surface area (Å²) >= 11 is 0. The van der Waals surface area contributed by atoms with E-state index in [1.54, 1.807) is 0 Å². The zero-order valence-corrected chi connectivity index (χ0v) is 17.4. The predicted molar refractivity (Wildman–Crippen MR) is 121 cm³/mol. The maximum absolute atomic E-state index is 13.2. The molecule has 0 unspecified atom stereocenters. The molecular weight excluding hydrogens is 370 g/mol. The van der Waals surface area contributed by atoms with Gasteiger partial charge in [0.2, 0.25) is 0 Å². The van der Waals surface area contributed by atoms with Gasteiger partial charge >= 0.3 is 0 Å². The van der Waals surface area contributed by atoms with Gasteiger partial charge in [-0.05, 0) is 67.2 Å². The molecule has 2 aliphatic heterocycles. The molecule has 0 N–H and O–H groups in total. The van der Waals surface area contributed by atoms with Crippen molar-refractivity contribution in [2.24, 2.45) is 5.92 Å². The normalized spacial score (nSPS) is 20.7. The topological polar surface area (TPSA) is 36.4 Å². The lowest BCUT2D eigenvalue weighted by atomic mass is 9.92. The molecule has 4 nitrogen and oxygen atoms in total. The molecule has 0 aliphatic carbocycles. The maximum atomic E-state index is 13.2. The SMILES string of the molecule is O=C(c1cccc2ccccc12)N1CC[C@H](CN2CCC(c3ccccn3)CC2)C1. The van der Waals surface area contributed by atoms with E-state index in [0.29, 0.717) is 11.8 Å². The summed E-state index contributed by atoms with van der Waals surface area (Å²) in [4.78, 5) is 22.4. The average molecular weight is 400 g/mol. The Bertz CT molecular complexity index is 1010. The monoisotopic (exact) mass is 399 g/mol. The first-order valence-corrected chi connectivity index (χ1v) is 11.2. The first kappa shape index (κ1) is 19.3. The number of amides is 1. The molecule has 0 bridgehead atoms. The second-order valence-electron chi connectivity index (χ2n) is 8.76. The Labute approximate surface area is 178 Å². The largest absolute Gasteiger partial charge is 0.338 e. The van der Waals surface area contributed by atoms with Crippen LogP contribution < -0.4 is 0 Å². The van der Waals surface area contributed by atoms with E-state index in [2.05, 4.69) is 45.1 Å². The number of aromatic nitrogens is 1. The molecule has 2 aromatic carbocycles. The van der Waals surface area contributed by atoms with Crippen molar-refractivity contribution in [1.82, 2.24) is 14.8 Å². The third kappa shape index (κ3) is 3.97. The van der Waals surface area contributed by atoms with E-state index in [9.17, 15) is 4.79 Å². The average Bonchev–Trinajstić information content (AvgIpc) is 3.28. The summed E-state index contributed by atoms with van der Waals surface area (Å²) in [6.07, 6.45) is 5.38. The van der Waals surface area contributed by atoms with E-state index in [-0.39, 0.29) is 5.91 Å². The quantitative estimate of drug-likeness (QED) is 0.644. The number of pyridine rings is 1. The lowest BCUT2D eigenvalue weighted by Crippen LogP contribution is -2.38. The van der Waals surface area contributed by atoms with Crippen molar-refractivity contribution in [3.05, 3.63) is 78.1 Å². The molecule has 1 aromatic heterocycles. The fourth-order valence-electron chi connectivity index (χ4n) is 5.14. The van der Waals surface area contributed by atoms with E-state index in [0.717, 1.165) is 55.5 Å². The first-order valence-electron chi connectivity index (χ1n) is 11.2. The first-order chi connectivity index (χ1) is 14.8. The molecule has 1 amide bonds. The van der Waals surface area contributed by atoms with Crippen LogP contribution in [0.3, 0.4) is 0 Å². The van der Waals surface area contributed by atoms with Crippen LogP contribution >= 0.6 is 0 Å². The maximum Gasteiger partial charge on any atom is 0.254 e. The summed E-state index contributed by atoms with van der Waals surface area (Å²) in [7, 11) is 0. The predicted octanol–water partition coefficient (Wildman–Crippen LogP) is 4.58. The second kappa shape index (κ2) is 8.57. The van der Waals surface area contributed by atoms with Crippen molar-refractivity contribution in [3.8, 4) is 0 Å². The minimum atomic E-state index is 0.183. The molecule has 0 spiro atoms. The van der Waals surface area contributed by atoms with Crippen molar-refractivity contribution < 1.29 is 4.79 Å². The Kier molecular flexibility index (Phi) is 5.50. The highest BCUT2D eigenvalue weighted by Crippen LogP contribution is 2.29. The number of carbonyl (C=O) groups is 1. The van der Waals surface area contributed by atoms with Crippen molar-refractivity contribution in [2.45, 2.75) is 25.2 Å². The van der Waals surface area contributed by atoms with Crippen LogP contribution in [-0.2, 0) is 0 Å². The van der Waals surface area contributed by atoms with E-state index >= 15 is 0 Å². The molecule has 5 rings (SSSR count). The van der Waals surface area contributed by atoms with Crippen LogP contribution in [0.4, 0.5) is 0 Å². The fraction of sp³-hybridized carbons (Fsp3) is 0.385. The summed E-state index contributed by atoms with van der Waals surface area (Å²) in [5.41, 5.74) is 2.08. The highest BCUT2D eigenvalue weighted by Gasteiger charge is 2.30. The molecule has 4 heteroatoms. The van der Waals surface area contributed by atoms with Gasteiger partial charge in [0, 0.05) is 43.0 Å². The Morgan fingerprint density at radius 1 is 0.900 bits per heavy atom. The Morgan fingerprint density at radius 3 is 2.53 bits per heavy atom. The van der Waals surface area contributed by atoms with Gasteiger partial charge in [-0.1, -0.05) is 42.5 Å². The second-order valence-corrected chi connectivity index (χ2v) is 8.76. The third-order valence-electron chi connectivity index (χ3n) is 6.80. The van der Waals surface area contributed by atoms with Crippen LogP contribution in [0.1, 0.15) is 41.2 Å². The zero-order chi connectivity index (χ0) is 20.3. The van der Waals surface area contributed by atoms with Gasteiger partial charge in [-0.15, -0.1) is 0 Å². The van der Waals surface area contributed by atoms with Crippen LogP contribution in [0.5, 0.6) is 0 Å². The number of hydrogen-bond donors (Lipinski definition) is 0. The lowest BCUT2D eigenvalue weighted by molar-refractivity contribution is 0.0784. The van der Waals surface area contributed by atoms with Gasteiger partial charge in [0.05, 0.1) is 0 Å². The molecular formula is C26H29N3O. The molecule has 2 saturated heterocycles. The van der Waals surface area contributed by atoms with Gasteiger partial charge in [0.1, 0.15) is 0 Å². The lowest BCUT2D eigenvalue weighted by Gasteiger charge is -2.33. The molecule has 1 atom stereocenters. The van der Waals surface area contributed by atoms with Crippen LogP contribution in [0.15, 0.2) is 66.9 Å². The Hall–Kier alpha value is -2.72.